The molecular formula is C34H56N8O6S4. The van der Waals surface area contributed by atoms with Crippen LogP contribution in [0.1, 0.15) is 24.2 Å². The van der Waals surface area contributed by atoms with Gasteiger partial charge in [0.1, 0.15) is 20.7 Å². The molecule has 52 heavy (non-hydrogen) atoms. The number of thiocarbonyl (C=S) groups is 2. The van der Waals surface area contributed by atoms with Gasteiger partial charge in [0.2, 0.25) is 0 Å². The largest absolute Gasteiger partial charge is 0.480 e. The summed E-state index contributed by atoms with van der Waals surface area (Å²) in [6.45, 7) is 13.1. The van der Waals surface area contributed by atoms with Crippen molar-refractivity contribution in [3.63, 3.8) is 0 Å². The number of likely N-dealkylation sites (N-methyl/N-ethyl adjacent to an activating group) is 1. The van der Waals surface area contributed by atoms with Gasteiger partial charge >= 0.3 is 11.9 Å². The predicted octanol–water partition coefficient (Wildman–Crippen LogP) is 1.20. The highest BCUT2D eigenvalue weighted by Gasteiger charge is 2.29. The van der Waals surface area contributed by atoms with E-state index < -0.39 is 24.0 Å². The number of rotatable bonds is 16. The standard InChI is InChI=1S/C34H56N8O6S4/c1-38-11-13-41(29(31(43)44)5-23-51-33(49)35-7-9-39-15-19-47-20-16-39)25-27-3-2-4-28(37-27)26-42(14-12-38)30(32(45)46)6-24-52-34(50)36-8-10-40-17-21-48-22-18-40/h2-4,29-30H,5-26H2,1H3,(H,35,49)(H,36,50)(H,43,44)(H,45,46). The first-order chi connectivity index (χ1) is 25.2. The summed E-state index contributed by atoms with van der Waals surface area (Å²) in [5, 5.41) is 27.3. The number of carboxylic acid groups (broad SMARTS) is 2. The molecule has 2 saturated heterocycles. The molecule has 2 atom stereocenters. The summed E-state index contributed by atoms with van der Waals surface area (Å²) in [6.07, 6.45) is 0.876. The van der Waals surface area contributed by atoms with Crippen LogP contribution in [0.5, 0.6) is 0 Å². The first-order valence-corrected chi connectivity index (χ1v) is 20.9. The maximum atomic E-state index is 12.6. The minimum Gasteiger partial charge on any atom is -0.480 e. The van der Waals surface area contributed by atoms with E-state index in [0.717, 1.165) is 90.2 Å². The lowest BCUT2D eigenvalue weighted by Crippen LogP contribution is -2.48. The highest BCUT2D eigenvalue weighted by Crippen LogP contribution is 2.18. The smallest absolute Gasteiger partial charge is 0.320 e. The molecule has 1 aromatic heterocycles. The van der Waals surface area contributed by atoms with E-state index in [-0.39, 0.29) is 0 Å². The van der Waals surface area contributed by atoms with E-state index in [0.29, 0.717) is 72.3 Å². The van der Waals surface area contributed by atoms with Crippen LogP contribution >= 0.6 is 48.0 Å². The van der Waals surface area contributed by atoms with Crippen LogP contribution in [0, 0.1) is 0 Å². The number of nitrogens with one attached hydrogen (secondary N) is 2. The molecule has 3 aliphatic rings. The highest BCUT2D eigenvalue weighted by molar-refractivity contribution is 8.23. The Balaban J connectivity index is 1.30. The fourth-order valence-electron chi connectivity index (χ4n) is 6.36. The minimum atomic E-state index is -0.863. The number of ether oxygens (including phenoxy) is 2. The first-order valence-electron chi connectivity index (χ1n) is 18.2. The Labute approximate surface area is 327 Å². The van der Waals surface area contributed by atoms with Crippen LogP contribution < -0.4 is 10.6 Å². The van der Waals surface area contributed by atoms with Crippen molar-refractivity contribution in [2.45, 2.75) is 38.0 Å². The lowest BCUT2D eigenvalue weighted by molar-refractivity contribution is -0.144. The van der Waals surface area contributed by atoms with Crippen LogP contribution in [0.25, 0.3) is 0 Å². The molecule has 14 nitrogen and oxygen atoms in total. The third kappa shape index (κ3) is 15.9. The van der Waals surface area contributed by atoms with E-state index in [1.165, 1.54) is 23.5 Å². The molecule has 0 aliphatic carbocycles. The number of fused-ring (bicyclic) bond motifs is 2. The van der Waals surface area contributed by atoms with Crippen molar-refractivity contribution in [3.8, 4) is 0 Å². The molecule has 0 aromatic carbocycles. The third-order valence-corrected chi connectivity index (χ3v) is 12.1. The number of pyridine rings is 1. The van der Waals surface area contributed by atoms with Crippen molar-refractivity contribution in [3.05, 3.63) is 29.6 Å². The number of aromatic nitrogens is 1. The van der Waals surface area contributed by atoms with Crippen molar-refractivity contribution < 1.29 is 29.3 Å². The van der Waals surface area contributed by atoms with Crippen LogP contribution in [0.4, 0.5) is 0 Å². The molecule has 0 spiro atoms. The number of morpholine rings is 2. The summed E-state index contributed by atoms with van der Waals surface area (Å²) >= 11 is 14.0. The van der Waals surface area contributed by atoms with Crippen LogP contribution in [-0.2, 0) is 32.2 Å². The molecule has 0 saturated carbocycles. The molecule has 4 heterocycles. The lowest BCUT2D eigenvalue weighted by Gasteiger charge is -2.33. The Morgan fingerprint density at radius 3 is 1.58 bits per heavy atom. The number of carbonyl (C=O) groups is 2. The van der Waals surface area contributed by atoms with Gasteiger partial charge in [0.25, 0.3) is 0 Å². The Bertz CT molecular complexity index is 1190. The molecule has 2 bridgehead atoms. The molecule has 292 valence electrons. The fraction of sp³-hybridized carbons (Fsp3) is 0.735. The zero-order valence-corrected chi connectivity index (χ0v) is 33.6. The number of hydrogen-bond acceptors (Lipinski definition) is 14. The van der Waals surface area contributed by atoms with Crippen molar-refractivity contribution in [1.82, 2.24) is 40.1 Å². The number of nitrogens with zero attached hydrogens (tertiary/aromatic N) is 6. The van der Waals surface area contributed by atoms with Crippen molar-refractivity contribution in [1.29, 1.82) is 0 Å². The quantitative estimate of drug-likeness (QED) is 0.178. The summed E-state index contributed by atoms with van der Waals surface area (Å²) in [5.74, 6) is -0.561. The average Bonchev–Trinajstić information content (AvgIpc) is 3.13. The SMILES string of the molecule is CN1CCN(C(CCSC(=S)NCCN2CCOCC2)C(=O)O)Cc2cccc(n2)CN(C(CCSC(=S)NCCN2CCOCC2)C(=O)O)CC1. The van der Waals surface area contributed by atoms with Gasteiger partial charge in [0, 0.05) is 103 Å². The zero-order valence-electron chi connectivity index (χ0n) is 30.3. The number of thioether (sulfide) groups is 2. The van der Waals surface area contributed by atoms with Crippen LogP contribution in [0.3, 0.4) is 0 Å². The molecule has 0 amide bonds. The monoisotopic (exact) mass is 800 g/mol. The number of hydrogen-bond donors (Lipinski definition) is 4. The third-order valence-electron chi connectivity index (χ3n) is 9.44. The van der Waals surface area contributed by atoms with Crippen molar-refractivity contribution in [2.24, 2.45) is 0 Å². The van der Waals surface area contributed by atoms with E-state index in [2.05, 4.69) is 25.3 Å². The molecule has 2 fully saturated rings. The maximum absolute atomic E-state index is 12.6. The highest BCUT2D eigenvalue weighted by atomic mass is 32.2. The average molecular weight is 801 g/mol. The van der Waals surface area contributed by atoms with E-state index in [4.69, 9.17) is 38.9 Å². The van der Waals surface area contributed by atoms with E-state index in [1.54, 1.807) is 0 Å². The Morgan fingerprint density at radius 2 is 1.17 bits per heavy atom. The summed E-state index contributed by atoms with van der Waals surface area (Å²) in [5.41, 5.74) is 1.52. The molecule has 3 aliphatic heterocycles. The van der Waals surface area contributed by atoms with Gasteiger partial charge in [-0.3, -0.25) is 34.2 Å². The van der Waals surface area contributed by atoms with E-state index in [1.807, 2.05) is 35.0 Å². The second kappa shape index (κ2) is 23.9. The molecule has 1 aromatic rings. The van der Waals surface area contributed by atoms with Gasteiger partial charge in [-0.1, -0.05) is 54.0 Å². The van der Waals surface area contributed by atoms with E-state index in [9.17, 15) is 19.8 Å². The molecular weight excluding hydrogens is 745 g/mol. The first kappa shape index (κ1) is 43.0. The summed E-state index contributed by atoms with van der Waals surface area (Å²) in [7, 11) is 2.00. The van der Waals surface area contributed by atoms with Crippen LogP contribution in [0.2, 0.25) is 0 Å². The normalized spacial score (nSPS) is 20.2. The van der Waals surface area contributed by atoms with Gasteiger partial charge in [-0.2, -0.15) is 0 Å². The second-order valence-electron chi connectivity index (χ2n) is 13.2. The number of aliphatic carboxylic acids is 2. The molecule has 18 heteroatoms. The van der Waals surface area contributed by atoms with Crippen LogP contribution in [-0.4, -0.2) is 196 Å². The zero-order chi connectivity index (χ0) is 37.1. The van der Waals surface area contributed by atoms with Gasteiger partial charge < -0.3 is 35.2 Å². The van der Waals surface area contributed by atoms with Crippen molar-refractivity contribution >= 4 is 68.5 Å². The Kier molecular flexibility index (Phi) is 19.8. The second-order valence-corrected chi connectivity index (χ2v) is 16.7. The summed E-state index contributed by atoms with van der Waals surface area (Å²) in [4.78, 5) is 40.9. The van der Waals surface area contributed by atoms with Gasteiger partial charge in [0.15, 0.2) is 0 Å². The Hall–Kier alpha value is -1.71. The Morgan fingerprint density at radius 1 is 0.750 bits per heavy atom. The molecule has 2 unspecified atom stereocenters. The van der Waals surface area contributed by atoms with Gasteiger partial charge in [-0.25, -0.2) is 0 Å². The number of carboxylic acids is 2. The van der Waals surface area contributed by atoms with E-state index >= 15 is 0 Å². The summed E-state index contributed by atoms with van der Waals surface area (Å²) < 4.78 is 12.2. The van der Waals surface area contributed by atoms with Crippen LogP contribution in [0.15, 0.2) is 18.2 Å². The molecule has 4 N–H and O–H groups in total. The van der Waals surface area contributed by atoms with Gasteiger partial charge in [0.05, 0.1) is 37.8 Å². The van der Waals surface area contributed by atoms with Crippen molar-refractivity contribution in [2.75, 3.05) is 124 Å². The predicted molar refractivity (Wildman–Crippen MR) is 215 cm³/mol. The fourth-order valence-corrected chi connectivity index (χ4v) is 8.52. The van der Waals surface area contributed by atoms with Gasteiger partial charge in [-0.15, -0.1) is 0 Å². The minimum absolute atomic E-state index is 0.376. The summed E-state index contributed by atoms with van der Waals surface area (Å²) in [6, 6.07) is 4.35. The van der Waals surface area contributed by atoms with Gasteiger partial charge in [-0.05, 0) is 32.0 Å². The molecule has 4 rings (SSSR count). The maximum Gasteiger partial charge on any atom is 0.320 e. The lowest BCUT2D eigenvalue weighted by atomic mass is 10.1. The topological polar surface area (TPSA) is 146 Å². The molecule has 0 radical (unpaired) electrons.